The van der Waals surface area contributed by atoms with E-state index in [0.29, 0.717) is 0 Å². The zero-order chi connectivity index (χ0) is 17.3. The largest absolute Gasteiger partial charge is 0.462 e. The van der Waals surface area contributed by atoms with Gasteiger partial charge in [-0.1, -0.05) is 0 Å². The van der Waals surface area contributed by atoms with Crippen LogP contribution in [0.15, 0.2) is 22.8 Å². The summed E-state index contributed by atoms with van der Waals surface area (Å²) >= 11 is 0. The van der Waals surface area contributed by atoms with Crippen molar-refractivity contribution in [2.45, 2.75) is 25.7 Å². The van der Waals surface area contributed by atoms with E-state index in [-0.39, 0.29) is 0 Å². The topological polar surface area (TPSA) is 52.6 Å². The van der Waals surface area contributed by atoms with E-state index in [4.69, 9.17) is 0 Å². The fraction of sp³-hybridized carbons (Fsp3) is 0.500. The third-order valence-corrected chi connectivity index (χ3v) is 2.61. The van der Waals surface area contributed by atoms with Crippen LogP contribution in [0, 0.1) is 0 Å². The molecule has 1 aliphatic carbocycles. The van der Waals surface area contributed by atoms with Gasteiger partial charge in [-0.25, -0.2) is 18.4 Å². The molecule has 0 aromatic rings. The second-order valence-electron chi connectivity index (χ2n) is 3.97. The Morgan fingerprint density at radius 1 is 0.909 bits per heavy atom. The first-order valence-electron chi connectivity index (χ1n) is 5.94. The number of allylic oxidation sites excluding steroid dienone is 3. The quantitative estimate of drug-likeness (QED) is 0.261. The Morgan fingerprint density at radius 3 is 1.59 bits per heavy atom. The van der Waals surface area contributed by atoms with E-state index in [1.54, 1.807) is 0 Å². The van der Waals surface area contributed by atoms with Crippen LogP contribution in [-0.4, -0.2) is 37.0 Å². The van der Waals surface area contributed by atoms with Crippen LogP contribution in [0.4, 0.5) is 26.3 Å². The molecule has 124 valence electrons. The molecule has 1 rings (SSSR count). The Kier molecular flexibility index (Phi) is 4.93. The predicted octanol–water partition coefficient (Wildman–Crippen LogP) is 2.84. The monoisotopic (exact) mass is 332 g/mol. The molecule has 0 spiro atoms. The lowest BCUT2D eigenvalue weighted by Gasteiger charge is -2.20. The van der Waals surface area contributed by atoms with Crippen LogP contribution >= 0.6 is 0 Å². The van der Waals surface area contributed by atoms with E-state index < -0.39 is 59.8 Å². The van der Waals surface area contributed by atoms with Gasteiger partial charge in [0.15, 0.2) is 11.4 Å². The van der Waals surface area contributed by atoms with Gasteiger partial charge in [0.2, 0.25) is 5.83 Å². The summed E-state index contributed by atoms with van der Waals surface area (Å²) in [5.41, 5.74) is -4.19. The summed E-state index contributed by atoms with van der Waals surface area (Å²) < 4.78 is 88.4. The number of ether oxygens (including phenoxy) is 2. The van der Waals surface area contributed by atoms with Gasteiger partial charge in [-0.3, -0.25) is 0 Å². The molecule has 0 unspecified atom stereocenters. The molecule has 0 bridgehead atoms. The molecular weight excluding hydrogens is 322 g/mol. The van der Waals surface area contributed by atoms with Crippen molar-refractivity contribution < 1.29 is 45.4 Å². The predicted molar refractivity (Wildman–Crippen MR) is 59.4 cm³/mol. The maximum Gasteiger partial charge on any atom is 0.368 e. The molecule has 4 nitrogen and oxygen atoms in total. The summed E-state index contributed by atoms with van der Waals surface area (Å²) in [6.07, 6.45) is 0. The molecule has 22 heavy (non-hydrogen) atoms. The van der Waals surface area contributed by atoms with Crippen molar-refractivity contribution in [3.63, 3.8) is 0 Å². The smallest absolute Gasteiger partial charge is 0.368 e. The van der Waals surface area contributed by atoms with E-state index in [1.807, 2.05) is 0 Å². The van der Waals surface area contributed by atoms with Gasteiger partial charge in [0.05, 0.1) is 18.8 Å². The maximum absolute atomic E-state index is 13.6. The molecule has 0 radical (unpaired) electrons. The van der Waals surface area contributed by atoms with Crippen molar-refractivity contribution in [3.8, 4) is 0 Å². The molecule has 0 aromatic heterocycles. The fourth-order valence-corrected chi connectivity index (χ4v) is 1.64. The van der Waals surface area contributed by atoms with E-state index in [9.17, 15) is 35.9 Å². The molecule has 0 saturated heterocycles. The zero-order valence-electron chi connectivity index (χ0n) is 11.3. The van der Waals surface area contributed by atoms with Crippen LogP contribution < -0.4 is 0 Å². The van der Waals surface area contributed by atoms with Crippen molar-refractivity contribution >= 4 is 11.9 Å². The summed E-state index contributed by atoms with van der Waals surface area (Å²) in [5, 5.41) is 0. The first-order chi connectivity index (χ1) is 10.0. The van der Waals surface area contributed by atoms with Gasteiger partial charge in [0.1, 0.15) is 0 Å². The molecule has 0 heterocycles. The number of carbonyl (C=O) groups is 2. The van der Waals surface area contributed by atoms with E-state index in [0.717, 1.165) is 0 Å². The highest BCUT2D eigenvalue weighted by Gasteiger charge is 2.71. The Morgan fingerprint density at radius 2 is 1.32 bits per heavy atom. The first-order valence-corrected chi connectivity index (χ1v) is 5.94. The summed E-state index contributed by atoms with van der Waals surface area (Å²) in [6, 6.07) is 0. The molecule has 0 amide bonds. The molecule has 0 aliphatic heterocycles. The highest BCUT2D eigenvalue weighted by atomic mass is 19.3. The highest BCUT2D eigenvalue weighted by molar-refractivity contribution is 6.15. The maximum atomic E-state index is 13.6. The molecule has 0 atom stereocenters. The molecule has 0 N–H and O–H groups in total. The number of halogens is 6. The van der Waals surface area contributed by atoms with Gasteiger partial charge in [-0.15, -0.1) is 0 Å². The van der Waals surface area contributed by atoms with Crippen molar-refractivity contribution in [2.75, 3.05) is 13.2 Å². The van der Waals surface area contributed by atoms with E-state index >= 15 is 0 Å². The van der Waals surface area contributed by atoms with Crippen molar-refractivity contribution in [2.24, 2.45) is 0 Å². The summed E-state index contributed by atoms with van der Waals surface area (Å²) in [6.45, 7) is 1.59. The number of alkyl halides is 4. The van der Waals surface area contributed by atoms with E-state index in [2.05, 4.69) is 9.47 Å². The first kappa shape index (κ1) is 18.1. The van der Waals surface area contributed by atoms with Crippen LogP contribution in [0.2, 0.25) is 0 Å². The molecule has 0 saturated carbocycles. The Hall–Kier alpha value is -2.00. The van der Waals surface area contributed by atoms with Crippen molar-refractivity contribution in [1.82, 2.24) is 0 Å². The number of carbonyl (C=O) groups excluding carboxylic acids is 2. The average Bonchev–Trinajstić information content (AvgIpc) is 2.52. The lowest BCUT2D eigenvalue weighted by molar-refractivity contribution is -0.163. The van der Waals surface area contributed by atoms with Crippen LogP contribution in [0.25, 0.3) is 0 Å². The third-order valence-electron chi connectivity index (χ3n) is 2.61. The molecule has 10 heteroatoms. The standard InChI is InChI=1S/C12H10F6O4/c1-3-21-9(19)5(10(20)22-4-2)6-7(13)8(14)12(17,18)11(6,15)16/h3-4H2,1-2H3. The van der Waals surface area contributed by atoms with Gasteiger partial charge < -0.3 is 9.47 Å². The van der Waals surface area contributed by atoms with Gasteiger partial charge in [-0.05, 0) is 13.8 Å². The minimum atomic E-state index is -5.53. The second-order valence-corrected chi connectivity index (χ2v) is 3.97. The summed E-state index contributed by atoms with van der Waals surface area (Å²) in [4.78, 5) is 23.1. The normalized spacial score (nSPS) is 19.2. The number of esters is 2. The van der Waals surface area contributed by atoms with Crippen molar-refractivity contribution in [3.05, 3.63) is 22.8 Å². The Bertz CT molecular complexity index is 544. The van der Waals surface area contributed by atoms with Crippen LogP contribution in [0.5, 0.6) is 0 Å². The zero-order valence-corrected chi connectivity index (χ0v) is 11.3. The highest BCUT2D eigenvalue weighted by Crippen LogP contribution is 2.56. The second kappa shape index (κ2) is 6.01. The van der Waals surface area contributed by atoms with Gasteiger partial charge in [0, 0.05) is 0 Å². The van der Waals surface area contributed by atoms with Crippen LogP contribution in [0.1, 0.15) is 13.8 Å². The summed E-state index contributed by atoms with van der Waals surface area (Å²) in [7, 11) is 0. The number of hydrogen-bond donors (Lipinski definition) is 0. The van der Waals surface area contributed by atoms with Gasteiger partial charge >= 0.3 is 23.8 Å². The van der Waals surface area contributed by atoms with Gasteiger partial charge in [0.25, 0.3) is 0 Å². The molecule has 0 aromatic carbocycles. The number of rotatable bonds is 4. The molecule has 1 aliphatic rings. The van der Waals surface area contributed by atoms with Crippen LogP contribution in [0.3, 0.4) is 0 Å². The Labute approximate surface area is 120 Å². The van der Waals surface area contributed by atoms with Gasteiger partial charge in [-0.2, -0.15) is 17.6 Å². The van der Waals surface area contributed by atoms with E-state index in [1.165, 1.54) is 13.8 Å². The Balaban J connectivity index is 3.65. The average molecular weight is 332 g/mol. The minimum absolute atomic E-state index is 0.426. The summed E-state index contributed by atoms with van der Waals surface area (Å²) in [5.74, 6) is -20.4. The number of hydrogen-bond acceptors (Lipinski definition) is 4. The molecule has 0 fully saturated rings. The fourth-order valence-electron chi connectivity index (χ4n) is 1.64. The van der Waals surface area contributed by atoms with Crippen molar-refractivity contribution in [1.29, 1.82) is 0 Å². The lowest BCUT2D eigenvalue weighted by Crippen LogP contribution is -2.39. The van der Waals surface area contributed by atoms with Crippen LogP contribution in [-0.2, 0) is 19.1 Å². The minimum Gasteiger partial charge on any atom is -0.462 e. The molecular formula is C12H10F6O4. The lowest BCUT2D eigenvalue weighted by atomic mass is 10.0. The SMILES string of the molecule is CCOC(=O)C(C(=O)OCC)=C1C(F)=C(F)C(F)(F)C1(F)F. The third kappa shape index (κ3) is 2.57.